The van der Waals surface area contributed by atoms with E-state index in [1.165, 1.54) is 16.9 Å². The summed E-state index contributed by atoms with van der Waals surface area (Å²) < 4.78 is 4.84. The van der Waals surface area contributed by atoms with Crippen molar-refractivity contribution in [2.45, 2.75) is 18.6 Å². The highest BCUT2D eigenvalue weighted by molar-refractivity contribution is 5.83. The van der Waals surface area contributed by atoms with Gasteiger partial charge in [-0.25, -0.2) is 9.59 Å². The van der Waals surface area contributed by atoms with Crippen molar-refractivity contribution in [1.29, 1.82) is 0 Å². The van der Waals surface area contributed by atoms with Crippen molar-refractivity contribution >= 4 is 12.0 Å². The number of ether oxygens (including phenoxy) is 1. The number of aliphatic hydroxyl groups is 1. The largest absolute Gasteiger partial charge is 0.480 e. The first-order chi connectivity index (χ1) is 7.97. The number of aliphatic carboxylic acids is 1. The molecule has 0 aromatic heterocycles. The Morgan fingerprint density at radius 3 is 2.71 bits per heavy atom. The number of amides is 2. The Hall–Kier alpha value is -1.34. The van der Waals surface area contributed by atoms with Crippen LogP contribution in [0.15, 0.2) is 0 Å². The highest BCUT2D eigenvalue weighted by Gasteiger charge is 2.39. The van der Waals surface area contributed by atoms with Gasteiger partial charge in [-0.3, -0.25) is 0 Å². The number of urea groups is 1. The van der Waals surface area contributed by atoms with Gasteiger partial charge in [0.25, 0.3) is 0 Å². The van der Waals surface area contributed by atoms with Gasteiger partial charge in [-0.1, -0.05) is 0 Å². The maximum absolute atomic E-state index is 11.9. The zero-order chi connectivity index (χ0) is 13.0. The molecule has 0 aromatic carbocycles. The van der Waals surface area contributed by atoms with Crippen molar-refractivity contribution in [2.75, 3.05) is 33.9 Å². The molecule has 1 rings (SSSR count). The van der Waals surface area contributed by atoms with Crippen LogP contribution in [0.1, 0.15) is 6.42 Å². The molecule has 1 heterocycles. The van der Waals surface area contributed by atoms with Crippen LogP contribution in [-0.2, 0) is 9.53 Å². The van der Waals surface area contributed by atoms with Gasteiger partial charge in [0.15, 0.2) is 0 Å². The van der Waals surface area contributed by atoms with Crippen LogP contribution in [0.25, 0.3) is 0 Å². The van der Waals surface area contributed by atoms with E-state index in [1.54, 1.807) is 7.05 Å². The third-order valence-electron chi connectivity index (χ3n) is 2.77. The lowest BCUT2D eigenvalue weighted by atomic mass is 10.2. The van der Waals surface area contributed by atoms with Gasteiger partial charge < -0.3 is 24.7 Å². The van der Waals surface area contributed by atoms with E-state index < -0.39 is 24.1 Å². The van der Waals surface area contributed by atoms with Crippen LogP contribution in [0.3, 0.4) is 0 Å². The number of nitrogens with zero attached hydrogens (tertiary/aromatic N) is 2. The molecular weight excluding hydrogens is 228 g/mol. The molecule has 7 nitrogen and oxygen atoms in total. The lowest BCUT2D eigenvalue weighted by Crippen LogP contribution is -2.47. The highest BCUT2D eigenvalue weighted by Crippen LogP contribution is 2.19. The van der Waals surface area contributed by atoms with Crippen molar-refractivity contribution in [3.05, 3.63) is 0 Å². The molecule has 0 unspecified atom stereocenters. The van der Waals surface area contributed by atoms with Crippen LogP contribution in [0.2, 0.25) is 0 Å². The number of rotatable bonds is 4. The van der Waals surface area contributed by atoms with Crippen molar-refractivity contribution < 1.29 is 24.5 Å². The molecule has 0 saturated carbocycles. The lowest BCUT2D eigenvalue weighted by molar-refractivity contribution is -0.141. The summed E-state index contributed by atoms with van der Waals surface area (Å²) in [6.07, 6.45) is -0.685. The predicted octanol–water partition coefficient (Wildman–Crippen LogP) is -0.796. The fourth-order valence-electron chi connectivity index (χ4n) is 1.80. The third kappa shape index (κ3) is 3.31. The Labute approximate surface area is 99.6 Å². The Morgan fingerprint density at radius 2 is 2.18 bits per heavy atom. The number of carboxylic acid groups (broad SMARTS) is 1. The summed E-state index contributed by atoms with van der Waals surface area (Å²) >= 11 is 0. The molecular formula is C10H18N2O5. The van der Waals surface area contributed by atoms with Gasteiger partial charge in [-0.05, 0) is 0 Å². The molecule has 17 heavy (non-hydrogen) atoms. The fraction of sp³-hybridized carbons (Fsp3) is 0.800. The van der Waals surface area contributed by atoms with E-state index in [0.29, 0.717) is 13.2 Å². The molecule has 2 N–H and O–H groups in total. The normalized spacial score (nSPS) is 23.8. The molecule has 1 aliphatic rings. The summed E-state index contributed by atoms with van der Waals surface area (Å²) in [4.78, 5) is 25.5. The van der Waals surface area contributed by atoms with Crippen LogP contribution in [0.5, 0.6) is 0 Å². The topological polar surface area (TPSA) is 90.3 Å². The first kappa shape index (κ1) is 13.7. The number of carbonyl (C=O) groups is 2. The summed E-state index contributed by atoms with van der Waals surface area (Å²) in [5, 5.41) is 18.4. The number of β-amino-alcohol motifs (C(OH)–C–C–N with tert-alkyl or cyclic N) is 1. The standard InChI is InChI=1S/C10H18N2O5/c1-11(3-4-17-2)10(16)12-6-7(13)5-8(12)9(14)15/h7-8,13H,3-6H2,1-2H3,(H,14,15)/t7-,8+/m1/s1. The van der Waals surface area contributed by atoms with Gasteiger partial charge in [0.1, 0.15) is 6.04 Å². The van der Waals surface area contributed by atoms with E-state index in [4.69, 9.17) is 9.84 Å². The smallest absolute Gasteiger partial charge is 0.326 e. The van der Waals surface area contributed by atoms with Crippen LogP contribution < -0.4 is 0 Å². The van der Waals surface area contributed by atoms with Gasteiger partial charge in [-0.2, -0.15) is 0 Å². The summed E-state index contributed by atoms with van der Waals surface area (Å²) in [6.45, 7) is 0.831. The second kappa shape index (κ2) is 5.83. The molecule has 98 valence electrons. The number of carboxylic acids is 1. The number of aliphatic hydroxyl groups excluding tert-OH is 1. The second-order valence-electron chi connectivity index (χ2n) is 4.09. The maximum Gasteiger partial charge on any atom is 0.326 e. The van der Waals surface area contributed by atoms with Gasteiger partial charge >= 0.3 is 12.0 Å². The summed E-state index contributed by atoms with van der Waals surface area (Å²) in [6, 6.07) is -1.34. The minimum Gasteiger partial charge on any atom is -0.480 e. The number of hydrogen-bond acceptors (Lipinski definition) is 4. The molecule has 1 fully saturated rings. The van der Waals surface area contributed by atoms with E-state index in [1.807, 2.05) is 0 Å². The first-order valence-electron chi connectivity index (χ1n) is 5.39. The fourth-order valence-corrected chi connectivity index (χ4v) is 1.80. The Balaban J connectivity index is 2.63. The molecule has 0 spiro atoms. The Morgan fingerprint density at radius 1 is 1.53 bits per heavy atom. The van der Waals surface area contributed by atoms with Gasteiger partial charge in [0, 0.05) is 33.7 Å². The van der Waals surface area contributed by atoms with Crippen LogP contribution >= 0.6 is 0 Å². The van der Waals surface area contributed by atoms with Gasteiger partial charge in [0.2, 0.25) is 0 Å². The second-order valence-corrected chi connectivity index (χ2v) is 4.09. The molecule has 1 aliphatic heterocycles. The van der Waals surface area contributed by atoms with Gasteiger partial charge in [0.05, 0.1) is 12.7 Å². The van der Waals surface area contributed by atoms with E-state index in [2.05, 4.69) is 0 Å². The lowest BCUT2D eigenvalue weighted by Gasteiger charge is -2.27. The van der Waals surface area contributed by atoms with Crippen molar-refractivity contribution in [3.8, 4) is 0 Å². The first-order valence-corrected chi connectivity index (χ1v) is 5.39. The molecule has 0 aliphatic carbocycles. The molecule has 0 radical (unpaired) electrons. The van der Waals surface area contributed by atoms with E-state index in [9.17, 15) is 14.7 Å². The zero-order valence-electron chi connectivity index (χ0n) is 10.00. The van der Waals surface area contributed by atoms with Gasteiger partial charge in [-0.15, -0.1) is 0 Å². The summed E-state index contributed by atoms with van der Waals surface area (Å²) in [5.74, 6) is -1.09. The molecule has 2 atom stereocenters. The average molecular weight is 246 g/mol. The molecule has 1 saturated heterocycles. The SMILES string of the molecule is COCCN(C)C(=O)N1C[C@H](O)C[C@H]1C(=O)O. The van der Waals surface area contributed by atoms with E-state index in [0.717, 1.165) is 0 Å². The molecule has 7 heteroatoms. The number of methoxy groups -OCH3 is 1. The quantitative estimate of drug-likeness (QED) is 0.678. The number of likely N-dealkylation sites (tertiary alicyclic amines) is 1. The van der Waals surface area contributed by atoms with Crippen LogP contribution in [-0.4, -0.2) is 78.0 Å². The Kier molecular flexibility index (Phi) is 4.71. The highest BCUT2D eigenvalue weighted by atomic mass is 16.5. The monoisotopic (exact) mass is 246 g/mol. The minimum absolute atomic E-state index is 0.0626. The molecule has 0 aromatic rings. The predicted molar refractivity (Wildman–Crippen MR) is 58.7 cm³/mol. The summed E-state index contributed by atoms with van der Waals surface area (Å²) in [5.41, 5.74) is 0. The molecule has 0 bridgehead atoms. The van der Waals surface area contributed by atoms with Crippen LogP contribution in [0, 0.1) is 0 Å². The number of carbonyl (C=O) groups excluding carboxylic acids is 1. The van der Waals surface area contributed by atoms with Crippen molar-refractivity contribution in [2.24, 2.45) is 0 Å². The minimum atomic E-state index is -1.09. The maximum atomic E-state index is 11.9. The van der Waals surface area contributed by atoms with Crippen LogP contribution in [0.4, 0.5) is 4.79 Å². The molecule has 2 amide bonds. The average Bonchev–Trinajstić information content (AvgIpc) is 2.67. The van der Waals surface area contributed by atoms with E-state index in [-0.39, 0.29) is 13.0 Å². The van der Waals surface area contributed by atoms with Crippen molar-refractivity contribution in [1.82, 2.24) is 9.80 Å². The van der Waals surface area contributed by atoms with E-state index >= 15 is 0 Å². The third-order valence-corrected chi connectivity index (χ3v) is 2.77. The zero-order valence-corrected chi connectivity index (χ0v) is 10.00. The number of hydrogen-bond donors (Lipinski definition) is 2. The Bertz CT molecular complexity index is 296. The number of likely N-dealkylation sites (N-methyl/N-ethyl adjacent to an activating group) is 1. The summed E-state index contributed by atoms with van der Waals surface area (Å²) in [7, 11) is 3.10. The van der Waals surface area contributed by atoms with Crippen molar-refractivity contribution in [3.63, 3.8) is 0 Å².